The summed E-state index contributed by atoms with van der Waals surface area (Å²) in [5, 5.41) is 10.3. The highest BCUT2D eigenvalue weighted by atomic mass is 32.1. The van der Waals surface area contributed by atoms with Gasteiger partial charge >= 0.3 is 0 Å². The first-order valence-electron chi connectivity index (χ1n) is 10.4. The zero-order chi connectivity index (χ0) is 18.9. The van der Waals surface area contributed by atoms with Gasteiger partial charge in [-0.1, -0.05) is 0 Å². The standard InChI is InChI=1S/C21H26N4O2S/c22-8-7-14-1-6-17-18(14)19-20(23-13-24-21(19)28-17)27-16-4-2-15(3-5-16)25-9-11-26-12-10-25/h13-16H,1-7,9-12H2. The molecule has 0 amide bonds. The Kier molecular flexibility index (Phi) is 5.19. The van der Waals surface area contributed by atoms with Crippen molar-refractivity contribution in [2.45, 2.75) is 63.0 Å². The number of hydrogen-bond donors (Lipinski definition) is 0. The van der Waals surface area contributed by atoms with Gasteiger partial charge in [-0.05, 0) is 50.0 Å². The molecule has 5 rings (SSSR count). The van der Waals surface area contributed by atoms with E-state index in [1.165, 1.54) is 23.3 Å². The normalized spacial score (nSPS) is 28.2. The van der Waals surface area contributed by atoms with Gasteiger partial charge in [-0.15, -0.1) is 11.3 Å². The molecule has 1 aliphatic heterocycles. The van der Waals surface area contributed by atoms with E-state index in [1.54, 1.807) is 17.7 Å². The molecule has 1 unspecified atom stereocenters. The summed E-state index contributed by atoms with van der Waals surface area (Å²) in [4.78, 5) is 14.0. The number of fused-ring (bicyclic) bond motifs is 3. The van der Waals surface area contributed by atoms with Crippen molar-refractivity contribution in [2.75, 3.05) is 26.3 Å². The molecule has 1 atom stereocenters. The molecule has 2 aliphatic carbocycles. The third-order valence-electron chi connectivity index (χ3n) is 6.52. The van der Waals surface area contributed by atoms with E-state index in [0.717, 1.165) is 68.1 Å². The van der Waals surface area contributed by atoms with E-state index in [0.29, 0.717) is 18.4 Å². The maximum atomic E-state index is 9.20. The Morgan fingerprint density at radius 1 is 1.18 bits per heavy atom. The molecule has 28 heavy (non-hydrogen) atoms. The van der Waals surface area contributed by atoms with Gasteiger partial charge in [-0.2, -0.15) is 5.26 Å². The van der Waals surface area contributed by atoms with Gasteiger partial charge < -0.3 is 9.47 Å². The number of thiophene rings is 1. The Balaban J connectivity index is 1.32. The summed E-state index contributed by atoms with van der Waals surface area (Å²) < 4.78 is 11.9. The monoisotopic (exact) mass is 398 g/mol. The van der Waals surface area contributed by atoms with E-state index in [1.807, 2.05) is 0 Å². The molecular formula is C21H26N4O2S. The van der Waals surface area contributed by atoms with Gasteiger partial charge in [0.1, 0.15) is 17.3 Å². The molecule has 0 radical (unpaired) electrons. The average Bonchev–Trinajstić information content (AvgIpc) is 3.30. The zero-order valence-electron chi connectivity index (χ0n) is 16.1. The molecule has 2 aromatic rings. The summed E-state index contributed by atoms with van der Waals surface area (Å²) in [6.07, 6.45) is 9.02. The third kappa shape index (κ3) is 3.38. The van der Waals surface area contributed by atoms with E-state index < -0.39 is 0 Å². The van der Waals surface area contributed by atoms with Crippen LogP contribution in [0.5, 0.6) is 5.88 Å². The number of rotatable bonds is 4. The Labute approximate surface area is 169 Å². The number of nitrogens with zero attached hydrogens (tertiary/aromatic N) is 4. The van der Waals surface area contributed by atoms with Crippen LogP contribution in [0.25, 0.3) is 10.2 Å². The van der Waals surface area contributed by atoms with Gasteiger partial charge in [-0.25, -0.2) is 9.97 Å². The lowest BCUT2D eigenvalue weighted by Gasteiger charge is -2.38. The van der Waals surface area contributed by atoms with Crippen LogP contribution in [0.3, 0.4) is 0 Å². The highest BCUT2D eigenvalue weighted by molar-refractivity contribution is 7.19. The molecule has 0 aromatic carbocycles. The van der Waals surface area contributed by atoms with Gasteiger partial charge in [0.25, 0.3) is 0 Å². The molecule has 7 heteroatoms. The van der Waals surface area contributed by atoms with Crippen LogP contribution in [-0.2, 0) is 11.2 Å². The summed E-state index contributed by atoms with van der Waals surface area (Å²) in [5.74, 6) is 1.04. The van der Waals surface area contributed by atoms with Gasteiger partial charge in [0.15, 0.2) is 0 Å². The van der Waals surface area contributed by atoms with Crippen molar-refractivity contribution < 1.29 is 9.47 Å². The summed E-state index contributed by atoms with van der Waals surface area (Å²) in [7, 11) is 0. The summed E-state index contributed by atoms with van der Waals surface area (Å²) in [6.45, 7) is 3.85. The van der Waals surface area contributed by atoms with E-state index in [2.05, 4.69) is 20.9 Å². The van der Waals surface area contributed by atoms with Crippen molar-refractivity contribution >= 4 is 21.6 Å². The summed E-state index contributed by atoms with van der Waals surface area (Å²) >= 11 is 1.75. The second-order valence-electron chi connectivity index (χ2n) is 8.09. The highest BCUT2D eigenvalue weighted by Gasteiger charge is 2.32. The number of morpholine rings is 1. The molecule has 1 saturated carbocycles. The third-order valence-corrected chi connectivity index (χ3v) is 7.69. The largest absolute Gasteiger partial charge is 0.474 e. The Bertz CT molecular complexity index is 878. The van der Waals surface area contributed by atoms with Crippen molar-refractivity contribution in [1.29, 1.82) is 5.26 Å². The van der Waals surface area contributed by atoms with Gasteiger partial charge in [0, 0.05) is 30.4 Å². The van der Waals surface area contributed by atoms with Crippen LogP contribution in [0, 0.1) is 11.3 Å². The summed E-state index contributed by atoms with van der Waals surface area (Å²) in [5.41, 5.74) is 1.29. The molecule has 1 saturated heterocycles. The number of hydrogen-bond acceptors (Lipinski definition) is 7. The predicted octanol–water partition coefficient (Wildman–Crippen LogP) is 3.66. The minimum atomic E-state index is 0.224. The van der Waals surface area contributed by atoms with Crippen LogP contribution in [0.15, 0.2) is 6.33 Å². The number of aryl methyl sites for hydroxylation is 1. The van der Waals surface area contributed by atoms with Crippen LogP contribution in [0.4, 0.5) is 0 Å². The number of nitriles is 1. The molecular weight excluding hydrogens is 372 g/mol. The molecule has 0 bridgehead atoms. The van der Waals surface area contributed by atoms with Crippen molar-refractivity contribution in [2.24, 2.45) is 0 Å². The fourth-order valence-corrected chi connectivity index (χ4v) is 6.30. The Morgan fingerprint density at radius 3 is 2.79 bits per heavy atom. The van der Waals surface area contributed by atoms with Crippen molar-refractivity contribution in [3.8, 4) is 11.9 Å². The quantitative estimate of drug-likeness (QED) is 0.783. The van der Waals surface area contributed by atoms with E-state index in [-0.39, 0.29) is 6.10 Å². The van der Waals surface area contributed by atoms with Gasteiger partial charge in [0.05, 0.1) is 24.7 Å². The zero-order valence-corrected chi connectivity index (χ0v) is 16.9. The highest BCUT2D eigenvalue weighted by Crippen LogP contribution is 2.47. The Morgan fingerprint density at radius 2 is 2.00 bits per heavy atom. The lowest BCUT2D eigenvalue weighted by molar-refractivity contribution is -0.00126. The van der Waals surface area contributed by atoms with Crippen LogP contribution in [0.1, 0.15) is 54.9 Å². The second kappa shape index (κ2) is 7.94. The van der Waals surface area contributed by atoms with Crippen molar-refractivity contribution in [3.05, 3.63) is 16.8 Å². The van der Waals surface area contributed by atoms with Gasteiger partial charge in [-0.3, -0.25) is 4.90 Å². The van der Waals surface area contributed by atoms with E-state index in [4.69, 9.17) is 9.47 Å². The van der Waals surface area contributed by atoms with Crippen LogP contribution in [0.2, 0.25) is 0 Å². The number of ether oxygens (including phenoxy) is 2. The molecule has 6 nitrogen and oxygen atoms in total. The van der Waals surface area contributed by atoms with Crippen LogP contribution in [-0.4, -0.2) is 53.3 Å². The first-order valence-corrected chi connectivity index (χ1v) is 11.3. The predicted molar refractivity (Wildman–Crippen MR) is 108 cm³/mol. The smallest absolute Gasteiger partial charge is 0.225 e. The molecule has 3 heterocycles. The first-order chi connectivity index (χ1) is 13.8. The van der Waals surface area contributed by atoms with Crippen LogP contribution >= 0.6 is 11.3 Å². The molecule has 2 fully saturated rings. The first kappa shape index (κ1) is 18.3. The molecule has 0 spiro atoms. The minimum absolute atomic E-state index is 0.224. The molecule has 3 aliphatic rings. The molecule has 0 N–H and O–H groups in total. The second-order valence-corrected chi connectivity index (χ2v) is 9.18. The minimum Gasteiger partial charge on any atom is -0.474 e. The van der Waals surface area contributed by atoms with Crippen LogP contribution < -0.4 is 4.74 Å². The SMILES string of the molecule is N#CCC1CCc2sc3ncnc(OC4CCC(N5CCOCC5)CC4)c3c21. The topological polar surface area (TPSA) is 71.3 Å². The lowest BCUT2D eigenvalue weighted by Crippen LogP contribution is -2.46. The van der Waals surface area contributed by atoms with Gasteiger partial charge in [0.2, 0.25) is 5.88 Å². The molecule has 2 aromatic heterocycles. The van der Waals surface area contributed by atoms with Crippen molar-refractivity contribution in [3.63, 3.8) is 0 Å². The lowest BCUT2D eigenvalue weighted by atomic mass is 9.91. The average molecular weight is 399 g/mol. The Hall–Kier alpha value is -1.75. The number of aromatic nitrogens is 2. The van der Waals surface area contributed by atoms with Crippen molar-refractivity contribution in [1.82, 2.24) is 14.9 Å². The maximum absolute atomic E-state index is 9.20. The summed E-state index contributed by atoms with van der Waals surface area (Å²) in [6, 6.07) is 3.02. The van der Waals surface area contributed by atoms with E-state index in [9.17, 15) is 5.26 Å². The van der Waals surface area contributed by atoms with E-state index >= 15 is 0 Å². The maximum Gasteiger partial charge on any atom is 0.225 e. The fourth-order valence-electron chi connectivity index (χ4n) is 5.07. The molecule has 148 valence electrons. The fraction of sp³-hybridized carbons (Fsp3) is 0.667.